The van der Waals surface area contributed by atoms with Gasteiger partial charge in [0.05, 0.1) is 27.4 Å². The molecule has 0 aliphatic carbocycles. The van der Waals surface area contributed by atoms with Crippen LogP contribution in [0.3, 0.4) is 0 Å². The molecule has 0 unspecified atom stereocenters. The molecule has 0 bridgehead atoms. The van der Waals surface area contributed by atoms with Crippen LogP contribution in [0.2, 0.25) is 0 Å². The van der Waals surface area contributed by atoms with Gasteiger partial charge in [0.2, 0.25) is 0 Å². The Hall–Kier alpha value is -2.19. The highest BCUT2D eigenvalue weighted by molar-refractivity contribution is 5.89. The van der Waals surface area contributed by atoms with E-state index >= 15 is 0 Å². The van der Waals surface area contributed by atoms with E-state index in [9.17, 15) is 4.79 Å². The number of carbonyl (C=O) groups is 1. The Bertz CT molecular complexity index is 485. The molecule has 1 aromatic carbocycles. The number of ether oxygens (including phenoxy) is 3. The summed E-state index contributed by atoms with van der Waals surface area (Å²) in [6.45, 7) is 1.83. The highest BCUT2D eigenvalue weighted by atomic mass is 16.5. The van der Waals surface area contributed by atoms with E-state index < -0.39 is 5.97 Å². The molecule has 0 aliphatic rings. The van der Waals surface area contributed by atoms with E-state index in [1.807, 2.05) is 0 Å². The van der Waals surface area contributed by atoms with Crippen LogP contribution in [0.5, 0.6) is 11.5 Å². The molecule has 0 saturated heterocycles. The third-order valence-electron chi connectivity index (χ3n) is 2.31. The van der Waals surface area contributed by atoms with Gasteiger partial charge in [-0.25, -0.2) is 4.79 Å². The number of aliphatic hydroxyl groups excluding tert-OH is 1. The van der Waals surface area contributed by atoms with Crippen LogP contribution in [-0.4, -0.2) is 31.9 Å². The molecule has 0 fully saturated rings. The van der Waals surface area contributed by atoms with Crippen molar-refractivity contribution in [3.63, 3.8) is 0 Å². The van der Waals surface area contributed by atoms with E-state index in [1.54, 1.807) is 19.1 Å². The third kappa shape index (κ3) is 3.90. The Morgan fingerprint density at radius 2 is 1.84 bits per heavy atom. The normalized spacial score (nSPS) is 9.26. The van der Waals surface area contributed by atoms with Gasteiger partial charge in [0, 0.05) is 5.92 Å². The first kappa shape index (κ1) is 14.9. The smallest absolute Gasteiger partial charge is 0.384 e. The van der Waals surface area contributed by atoms with Crippen LogP contribution in [-0.2, 0) is 16.1 Å². The largest absolute Gasteiger partial charge is 0.495 e. The van der Waals surface area contributed by atoms with Gasteiger partial charge in [-0.2, -0.15) is 0 Å². The van der Waals surface area contributed by atoms with Gasteiger partial charge in [-0.3, -0.25) is 0 Å². The zero-order valence-electron chi connectivity index (χ0n) is 11.1. The van der Waals surface area contributed by atoms with Crippen LogP contribution in [0.25, 0.3) is 0 Å². The molecule has 0 aromatic heterocycles. The zero-order chi connectivity index (χ0) is 14.3. The molecular formula is C14H16O5. The van der Waals surface area contributed by atoms with E-state index in [0.29, 0.717) is 22.6 Å². The van der Waals surface area contributed by atoms with Crippen molar-refractivity contribution in [2.75, 3.05) is 20.8 Å². The van der Waals surface area contributed by atoms with Gasteiger partial charge in [-0.15, -0.1) is 0 Å². The van der Waals surface area contributed by atoms with Crippen molar-refractivity contribution >= 4 is 5.97 Å². The molecule has 19 heavy (non-hydrogen) atoms. The SMILES string of the molecule is CCOC(=O)C#Cc1c(OC)cc(CO)cc1OC. The van der Waals surface area contributed by atoms with Crippen molar-refractivity contribution in [1.29, 1.82) is 0 Å². The summed E-state index contributed by atoms with van der Waals surface area (Å²) in [4.78, 5) is 11.2. The fraction of sp³-hybridized carbons (Fsp3) is 0.357. The second-order valence-electron chi connectivity index (χ2n) is 3.50. The van der Waals surface area contributed by atoms with Crippen molar-refractivity contribution in [2.24, 2.45) is 0 Å². The number of hydrogen-bond donors (Lipinski definition) is 1. The fourth-order valence-electron chi connectivity index (χ4n) is 1.46. The molecule has 0 aliphatic heterocycles. The van der Waals surface area contributed by atoms with Gasteiger partial charge < -0.3 is 19.3 Å². The van der Waals surface area contributed by atoms with E-state index in [-0.39, 0.29) is 13.2 Å². The average molecular weight is 264 g/mol. The van der Waals surface area contributed by atoms with Crippen molar-refractivity contribution < 1.29 is 24.1 Å². The quantitative estimate of drug-likeness (QED) is 0.652. The second kappa shape index (κ2) is 7.29. The van der Waals surface area contributed by atoms with Crippen molar-refractivity contribution in [2.45, 2.75) is 13.5 Å². The Morgan fingerprint density at radius 1 is 1.26 bits per heavy atom. The van der Waals surface area contributed by atoms with E-state index in [2.05, 4.69) is 11.8 Å². The molecule has 1 N–H and O–H groups in total. The highest BCUT2D eigenvalue weighted by Gasteiger charge is 2.10. The summed E-state index contributed by atoms with van der Waals surface area (Å²) in [5.74, 6) is 5.26. The van der Waals surface area contributed by atoms with E-state index in [0.717, 1.165) is 0 Å². The lowest BCUT2D eigenvalue weighted by atomic mass is 10.1. The van der Waals surface area contributed by atoms with Crippen LogP contribution < -0.4 is 9.47 Å². The molecule has 0 heterocycles. The van der Waals surface area contributed by atoms with Gasteiger partial charge in [0.25, 0.3) is 0 Å². The minimum absolute atomic E-state index is 0.141. The van der Waals surface area contributed by atoms with Crippen molar-refractivity contribution in [3.05, 3.63) is 23.3 Å². The number of rotatable bonds is 4. The maximum Gasteiger partial charge on any atom is 0.384 e. The van der Waals surface area contributed by atoms with Crippen molar-refractivity contribution in [1.82, 2.24) is 0 Å². The molecule has 0 spiro atoms. The van der Waals surface area contributed by atoms with Gasteiger partial charge in [-0.1, -0.05) is 0 Å². The van der Waals surface area contributed by atoms with Gasteiger partial charge in [0.1, 0.15) is 17.1 Å². The third-order valence-corrected chi connectivity index (χ3v) is 2.31. The molecule has 5 nitrogen and oxygen atoms in total. The monoisotopic (exact) mass is 264 g/mol. The number of esters is 1. The standard InChI is InChI=1S/C14H16O5/c1-4-19-14(16)6-5-11-12(17-2)7-10(9-15)8-13(11)18-3/h7-8,15H,4,9H2,1-3H3. The molecule has 0 amide bonds. The van der Waals surface area contributed by atoms with Crippen LogP contribution in [0.15, 0.2) is 12.1 Å². The second-order valence-corrected chi connectivity index (χ2v) is 3.50. The van der Waals surface area contributed by atoms with Gasteiger partial charge in [-0.05, 0) is 30.5 Å². The molecular weight excluding hydrogens is 248 g/mol. The first-order valence-corrected chi connectivity index (χ1v) is 5.70. The average Bonchev–Trinajstić information content (AvgIpc) is 2.44. The molecule has 0 radical (unpaired) electrons. The van der Waals surface area contributed by atoms with Crippen LogP contribution in [0.4, 0.5) is 0 Å². The lowest BCUT2D eigenvalue weighted by Gasteiger charge is -2.10. The van der Waals surface area contributed by atoms with Gasteiger partial charge >= 0.3 is 5.97 Å². The molecule has 0 atom stereocenters. The first-order chi connectivity index (χ1) is 9.15. The summed E-state index contributed by atoms with van der Waals surface area (Å²) < 4.78 is 15.1. The van der Waals surface area contributed by atoms with Gasteiger partial charge in [0.15, 0.2) is 0 Å². The summed E-state index contributed by atoms with van der Waals surface area (Å²) >= 11 is 0. The minimum Gasteiger partial charge on any atom is -0.495 e. The predicted molar refractivity (Wildman–Crippen MR) is 69.0 cm³/mol. The maximum atomic E-state index is 11.2. The molecule has 1 aromatic rings. The predicted octanol–water partition coefficient (Wildman–Crippen LogP) is 1.11. The number of hydrogen-bond acceptors (Lipinski definition) is 5. The Kier molecular flexibility index (Phi) is 5.71. The number of benzene rings is 1. The topological polar surface area (TPSA) is 65.0 Å². The zero-order valence-corrected chi connectivity index (χ0v) is 11.1. The highest BCUT2D eigenvalue weighted by Crippen LogP contribution is 2.29. The number of aliphatic hydroxyl groups is 1. The maximum absolute atomic E-state index is 11.2. The number of methoxy groups -OCH3 is 2. The minimum atomic E-state index is -0.613. The summed E-state index contributed by atoms with van der Waals surface area (Å²) in [5, 5.41) is 9.14. The first-order valence-electron chi connectivity index (χ1n) is 5.70. The Morgan fingerprint density at radius 3 is 2.26 bits per heavy atom. The summed E-state index contributed by atoms with van der Waals surface area (Å²) in [6, 6.07) is 3.27. The molecule has 0 saturated carbocycles. The molecule has 1 rings (SSSR count). The lowest BCUT2D eigenvalue weighted by Crippen LogP contribution is -2.01. The van der Waals surface area contributed by atoms with Crippen LogP contribution in [0.1, 0.15) is 18.1 Å². The van der Waals surface area contributed by atoms with E-state index in [4.69, 9.17) is 19.3 Å². The lowest BCUT2D eigenvalue weighted by molar-refractivity contribution is -0.136. The fourth-order valence-corrected chi connectivity index (χ4v) is 1.46. The molecule has 5 heteroatoms. The van der Waals surface area contributed by atoms with Crippen LogP contribution in [0, 0.1) is 11.8 Å². The Labute approximate surface area is 112 Å². The number of carbonyl (C=O) groups excluding carboxylic acids is 1. The Balaban J connectivity index is 3.20. The molecule has 102 valence electrons. The van der Waals surface area contributed by atoms with Crippen molar-refractivity contribution in [3.8, 4) is 23.3 Å². The summed E-state index contributed by atoms with van der Waals surface area (Å²) in [5.41, 5.74) is 1.07. The van der Waals surface area contributed by atoms with Crippen LogP contribution >= 0.6 is 0 Å². The summed E-state index contributed by atoms with van der Waals surface area (Å²) in [7, 11) is 2.96. The summed E-state index contributed by atoms with van der Waals surface area (Å²) in [6.07, 6.45) is 0. The van der Waals surface area contributed by atoms with E-state index in [1.165, 1.54) is 14.2 Å².